The number of para-hydroxylation sites is 2. The Hall–Kier alpha value is -4.89. The summed E-state index contributed by atoms with van der Waals surface area (Å²) in [4.78, 5) is 33.6. The van der Waals surface area contributed by atoms with Crippen LogP contribution in [0.25, 0.3) is 17.0 Å². The molecule has 1 amide bonds. The predicted molar refractivity (Wildman–Crippen MR) is 194 cm³/mol. The minimum atomic E-state index is -0.698. The summed E-state index contributed by atoms with van der Waals surface area (Å²) in [5, 5.41) is 5.17. The van der Waals surface area contributed by atoms with Crippen LogP contribution in [0.2, 0.25) is 10.0 Å². The SMILES string of the molecule is CCOc1ccc([C@@H]2C(C(=O)Nc3ccccc3)=C(C)N=c3s/c(=C\c4cn(Cc5ccc(Cl)cc5Cl)c5ccccc45)c(=O)n32)cc1. The summed E-state index contributed by atoms with van der Waals surface area (Å²) in [6.07, 6.45) is 3.94. The van der Waals surface area contributed by atoms with Crippen LogP contribution in [0.3, 0.4) is 0 Å². The number of anilines is 1. The van der Waals surface area contributed by atoms with Gasteiger partial charge in [-0.05, 0) is 73.5 Å². The van der Waals surface area contributed by atoms with Crippen molar-refractivity contribution < 1.29 is 9.53 Å². The molecular formula is C38H30Cl2N4O3S. The number of thiazole rings is 1. The molecular weight excluding hydrogens is 663 g/mol. The van der Waals surface area contributed by atoms with Crippen LogP contribution >= 0.6 is 34.5 Å². The lowest BCUT2D eigenvalue weighted by Crippen LogP contribution is -2.40. The third kappa shape index (κ3) is 6.10. The number of carbonyl (C=O) groups is 1. The molecule has 48 heavy (non-hydrogen) atoms. The molecule has 1 aliphatic heterocycles. The van der Waals surface area contributed by atoms with Gasteiger partial charge in [0.1, 0.15) is 5.75 Å². The Morgan fingerprint density at radius 2 is 1.75 bits per heavy atom. The van der Waals surface area contributed by atoms with Gasteiger partial charge in [-0.3, -0.25) is 14.2 Å². The molecule has 1 N–H and O–H groups in total. The highest BCUT2D eigenvalue weighted by molar-refractivity contribution is 7.07. The molecule has 0 aliphatic carbocycles. The van der Waals surface area contributed by atoms with Crippen molar-refractivity contribution in [2.45, 2.75) is 26.4 Å². The van der Waals surface area contributed by atoms with Crippen molar-refractivity contribution in [3.63, 3.8) is 0 Å². The maximum absolute atomic E-state index is 14.4. The smallest absolute Gasteiger partial charge is 0.271 e. The van der Waals surface area contributed by atoms with Crippen LogP contribution in [0, 0.1) is 0 Å². The molecule has 6 aromatic rings. The summed E-state index contributed by atoms with van der Waals surface area (Å²) in [6.45, 7) is 4.80. The quantitative estimate of drug-likeness (QED) is 0.179. The standard InChI is InChI=1S/C38H30Cl2N4O3S/c1-3-47-29-17-14-24(15-18-29)35-34(36(45)42-28-9-5-4-6-10-28)23(2)41-38-44(35)37(46)33(48-38)19-26-22-43(32-12-8-7-11-30(26)32)21-25-13-16-27(39)20-31(25)40/h4-20,22,35H,3,21H2,1-2H3,(H,42,45)/b33-19-/t35-/m1/s1. The summed E-state index contributed by atoms with van der Waals surface area (Å²) in [5.74, 6) is 0.389. The van der Waals surface area contributed by atoms with Gasteiger partial charge >= 0.3 is 0 Å². The second-order valence-corrected chi connectivity index (χ2v) is 13.2. The zero-order valence-electron chi connectivity index (χ0n) is 26.1. The van der Waals surface area contributed by atoms with Crippen molar-refractivity contribution in [1.82, 2.24) is 9.13 Å². The fraction of sp³-hybridized carbons (Fsp3) is 0.132. The predicted octanol–water partition coefficient (Wildman–Crippen LogP) is 7.58. The first-order valence-electron chi connectivity index (χ1n) is 15.4. The number of ether oxygens (including phenoxy) is 1. The Balaban J connectivity index is 1.35. The van der Waals surface area contributed by atoms with E-state index in [9.17, 15) is 9.59 Å². The maximum Gasteiger partial charge on any atom is 0.271 e. The third-order valence-electron chi connectivity index (χ3n) is 8.27. The Kier molecular flexibility index (Phi) is 8.79. The van der Waals surface area contributed by atoms with Gasteiger partial charge in [-0.2, -0.15) is 0 Å². The molecule has 0 saturated carbocycles. The Bertz CT molecular complexity index is 2390. The number of amides is 1. The van der Waals surface area contributed by atoms with Gasteiger partial charge in [0.2, 0.25) is 0 Å². The van der Waals surface area contributed by atoms with Gasteiger partial charge in [0.05, 0.1) is 28.5 Å². The van der Waals surface area contributed by atoms with Crippen LogP contribution in [0.1, 0.15) is 36.6 Å². The number of halogens is 2. The van der Waals surface area contributed by atoms with E-state index in [1.165, 1.54) is 11.3 Å². The van der Waals surface area contributed by atoms with Gasteiger partial charge in [-0.15, -0.1) is 0 Å². The van der Waals surface area contributed by atoms with E-state index in [0.29, 0.717) is 55.2 Å². The van der Waals surface area contributed by atoms with Crippen LogP contribution in [0.4, 0.5) is 5.69 Å². The van der Waals surface area contributed by atoms with Gasteiger partial charge in [-0.1, -0.05) is 89.1 Å². The second kappa shape index (κ2) is 13.3. The van der Waals surface area contributed by atoms with E-state index in [-0.39, 0.29) is 11.5 Å². The fourth-order valence-corrected chi connectivity index (χ4v) is 7.56. The van der Waals surface area contributed by atoms with E-state index >= 15 is 0 Å². The van der Waals surface area contributed by atoms with E-state index in [2.05, 4.69) is 9.88 Å². The van der Waals surface area contributed by atoms with Crippen molar-refractivity contribution in [3.05, 3.63) is 161 Å². The molecule has 2 aromatic heterocycles. The average Bonchev–Trinajstić information content (AvgIpc) is 3.58. The van der Waals surface area contributed by atoms with Crippen LogP contribution in [-0.2, 0) is 11.3 Å². The van der Waals surface area contributed by atoms with Crippen LogP contribution in [0.15, 0.2) is 124 Å². The largest absolute Gasteiger partial charge is 0.494 e. The van der Waals surface area contributed by atoms with Crippen molar-refractivity contribution in [2.24, 2.45) is 4.99 Å². The molecule has 240 valence electrons. The number of aromatic nitrogens is 2. The van der Waals surface area contributed by atoms with Crippen LogP contribution < -0.4 is 24.9 Å². The molecule has 10 heteroatoms. The molecule has 7 rings (SSSR count). The lowest BCUT2D eigenvalue weighted by atomic mass is 9.95. The first kappa shape index (κ1) is 31.7. The highest BCUT2D eigenvalue weighted by Crippen LogP contribution is 2.32. The van der Waals surface area contributed by atoms with Gasteiger partial charge in [0, 0.05) is 44.9 Å². The molecule has 0 fully saturated rings. The lowest BCUT2D eigenvalue weighted by Gasteiger charge is -2.25. The van der Waals surface area contributed by atoms with Gasteiger partial charge in [0.25, 0.3) is 11.5 Å². The zero-order valence-corrected chi connectivity index (χ0v) is 28.4. The molecule has 0 bridgehead atoms. The van der Waals surface area contributed by atoms with Gasteiger partial charge in [0.15, 0.2) is 4.80 Å². The third-order valence-corrected chi connectivity index (χ3v) is 9.84. The van der Waals surface area contributed by atoms with E-state index in [0.717, 1.165) is 27.6 Å². The molecule has 0 spiro atoms. The minimum absolute atomic E-state index is 0.229. The van der Waals surface area contributed by atoms with E-state index in [1.54, 1.807) is 10.6 Å². The molecule has 1 atom stereocenters. The van der Waals surface area contributed by atoms with E-state index in [4.69, 9.17) is 32.9 Å². The molecule has 1 aliphatic rings. The second-order valence-electron chi connectivity index (χ2n) is 11.4. The number of hydrogen-bond donors (Lipinski definition) is 1. The number of nitrogens with one attached hydrogen (secondary N) is 1. The number of allylic oxidation sites excluding steroid dienone is 1. The molecule has 0 radical (unpaired) electrons. The lowest BCUT2D eigenvalue weighted by molar-refractivity contribution is -0.113. The number of rotatable bonds is 8. The van der Waals surface area contributed by atoms with Gasteiger partial charge < -0.3 is 14.6 Å². The highest BCUT2D eigenvalue weighted by Gasteiger charge is 2.32. The normalized spacial score (nSPS) is 14.6. The maximum atomic E-state index is 14.4. The molecule has 7 nitrogen and oxygen atoms in total. The van der Waals surface area contributed by atoms with E-state index in [1.807, 2.05) is 117 Å². The van der Waals surface area contributed by atoms with E-state index < -0.39 is 6.04 Å². The Morgan fingerprint density at radius 3 is 2.50 bits per heavy atom. The summed E-state index contributed by atoms with van der Waals surface area (Å²) >= 11 is 14.0. The first-order valence-corrected chi connectivity index (χ1v) is 17.0. The van der Waals surface area contributed by atoms with Crippen molar-refractivity contribution in [2.75, 3.05) is 11.9 Å². The Labute approximate surface area is 290 Å². The fourth-order valence-electron chi connectivity index (χ4n) is 6.06. The average molecular weight is 694 g/mol. The Morgan fingerprint density at radius 1 is 1.00 bits per heavy atom. The number of carbonyl (C=O) groups excluding carboxylic acids is 1. The van der Waals surface area contributed by atoms with Crippen molar-refractivity contribution in [3.8, 4) is 5.75 Å². The van der Waals surface area contributed by atoms with Gasteiger partial charge in [-0.25, -0.2) is 4.99 Å². The van der Waals surface area contributed by atoms with Crippen molar-refractivity contribution in [1.29, 1.82) is 0 Å². The molecule has 0 saturated heterocycles. The number of nitrogens with zero attached hydrogens (tertiary/aromatic N) is 3. The number of benzene rings is 4. The van der Waals surface area contributed by atoms with Crippen molar-refractivity contribution >= 4 is 63.1 Å². The zero-order chi connectivity index (χ0) is 33.4. The minimum Gasteiger partial charge on any atom is -0.494 e. The summed E-state index contributed by atoms with van der Waals surface area (Å²) in [7, 11) is 0. The molecule has 4 aromatic carbocycles. The molecule has 0 unspecified atom stereocenters. The summed E-state index contributed by atoms with van der Waals surface area (Å²) in [6, 6.07) is 29.6. The summed E-state index contributed by atoms with van der Waals surface area (Å²) in [5.41, 5.74) is 4.97. The first-order chi connectivity index (χ1) is 23.3. The van der Waals surface area contributed by atoms with Crippen LogP contribution in [-0.4, -0.2) is 21.6 Å². The highest BCUT2D eigenvalue weighted by atomic mass is 35.5. The molecule has 3 heterocycles. The number of hydrogen-bond acceptors (Lipinski definition) is 5. The summed E-state index contributed by atoms with van der Waals surface area (Å²) < 4.78 is 9.93. The monoisotopic (exact) mass is 692 g/mol. The number of fused-ring (bicyclic) bond motifs is 2. The van der Waals surface area contributed by atoms with Crippen LogP contribution in [0.5, 0.6) is 5.75 Å². The topological polar surface area (TPSA) is 77.6 Å².